The summed E-state index contributed by atoms with van der Waals surface area (Å²) in [7, 11) is 0. The fourth-order valence-electron chi connectivity index (χ4n) is 5.39. The number of hydrogen-bond acceptors (Lipinski definition) is 11. The van der Waals surface area contributed by atoms with Gasteiger partial charge < -0.3 is 58.7 Å². The fraction of sp³-hybridized carbons (Fsp3) is 0.595. The highest BCUT2D eigenvalue weighted by molar-refractivity contribution is 5.96. The highest BCUT2D eigenvalue weighted by Gasteiger charge is 2.33. The van der Waals surface area contributed by atoms with Gasteiger partial charge in [0, 0.05) is 19.3 Å². The Bertz CT molecular complexity index is 1560. The number of carboxylic acids is 2. The maximum Gasteiger partial charge on any atom is 0.326 e. The molecule has 57 heavy (non-hydrogen) atoms. The third-order valence-corrected chi connectivity index (χ3v) is 8.43. The van der Waals surface area contributed by atoms with Gasteiger partial charge in [0.2, 0.25) is 41.4 Å². The number of carboxylic acid groups (broad SMARTS) is 2. The van der Waals surface area contributed by atoms with Gasteiger partial charge in [0.25, 0.3) is 0 Å². The molecule has 1 aromatic carbocycles. The Morgan fingerprint density at radius 3 is 1.58 bits per heavy atom. The monoisotopic (exact) mass is 806 g/mol. The smallest absolute Gasteiger partial charge is 0.326 e. The molecule has 0 saturated carbocycles. The van der Waals surface area contributed by atoms with Crippen LogP contribution in [-0.4, -0.2) is 118 Å². The molecule has 0 spiro atoms. The summed E-state index contributed by atoms with van der Waals surface area (Å²) in [5, 5.41) is 42.9. The largest absolute Gasteiger partial charge is 0.481 e. The van der Waals surface area contributed by atoms with Crippen molar-refractivity contribution in [2.45, 2.75) is 122 Å². The molecule has 0 aliphatic carbocycles. The molecular formula is C37H58N8O12. The first-order valence-electron chi connectivity index (χ1n) is 18.6. The number of rotatable bonds is 26. The second kappa shape index (κ2) is 24.8. The quantitative estimate of drug-likeness (QED) is 0.0474. The molecule has 0 aliphatic rings. The van der Waals surface area contributed by atoms with E-state index < -0.39 is 115 Å². The van der Waals surface area contributed by atoms with Crippen molar-refractivity contribution in [1.82, 2.24) is 31.9 Å². The number of nitrogens with one attached hydrogen (secondary N) is 6. The van der Waals surface area contributed by atoms with Crippen LogP contribution in [0.1, 0.15) is 78.7 Å². The Labute approximate surface area is 331 Å². The van der Waals surface area contributed by atoms with E-state index in [9.17, 15) is 53.4 Å². The van der Waals surface area contributed by atoms with Gasteiger partial charge in [-0.05, 0) is 50.0 Å². The minimum Gasteiger partial charge on any atom is -0.481 e. The molecule has 0 saturated heterocycles. The fourth-order valence-corrected chi connectivity index (χ4v) is 5.39. The minimum absolute atomic E-state index is 0.0142. The van der Waals surface area contributed by atoms with Gasteiger partial charge in [-0.1, -0.05) is 58.0 Å². The van der Waals surface area contributed by atoms with Gasteiger partial charge >= 0.3 is 11.9 Å². The van der Waals surface area contributed by atoms with E-state index >= 15 is 0 Å². The first-order chi connectivity index (χ1) is 26.6. The Hall–Kier alpha value is -5.63. The second-order valence-electron chi connectivity index (χ2n) is 14.6. The van der Waals surface area contributed by atoms with Gasteiger partial charge in [-0.3, -0.25) is 38.4 Å². The van der Waals surface area contributed by atoms with E-state index in [1.807, 2.05) is 0 Å². The highest BCUT2D eigenvalue weighted by atomic mass is 16.4. The van der Waals surface area contributed by atoms with Crippen molar-refractivity contribution in [3.05, 3.63) is 35.9 Å². The van der Waals surface area contributed by atoms with E-state index in [1.165, 1.54) is 6.92 Å². The number of carbonyl (C=O) groups excluding carboxylic acids is 7. The number of carbonyl (C=O) groups is 9. The third-order valence-electron chi connectivity index (χ3n) is 8.43. The summed E-state index contributed by atoms with van der Waals surface area (Å²) in [6.07, 6.45) is -2.78. The SMILES string of the molecule is CC(C)C[C@H](NC(=O)CNC(=O)[C@H](Cc1ccccc1)NC(=O)[C@@H](N)[C@@H](C)O)C(=O)N[C@@H](CCC(N)=O)C(=O)N[C@@H](CC(C)C)C(=O)N[C@@H](CCC(=O)O)C(=O)O. The van der Waals surface area contributed by atoms with Gasteiger partial charge in [0.1, 0.15) is 36.3 Å². The van der Waals surface area contributed by atoms with Crippen LogP contribution in [0.25, 0.3) is 0 Å². The molecule has 0 radical (unpaired) electrons. The summed E-state index contributed by atoms with van der Waals surface area (Å²) in [5.41, 5.74) is 11.7. The number of hydrogen-bond donors (Lipinski definition) is 11. The average molecular weight is 807 g/mol. The summed E-state index contributed by atoms with van der Waals surface area (Å²) in [5.74, 6) is -9.02. The van der Waals surface area contributed by atoms with Crippen LogP contribution < -0.4 is 43.4 Å². The van der Waals surface area contributed by atoms with Gasteiger partial charge in [-0.25, -0.2) is 4.79 Å². The van der Waals surface area contributed by atoms with Crippen LogP contribution in [0.2, 0.25) is 0 Å². The zero-order chi connectivity index (χ0) is 43.4. The molecular weight excluding hydrogens is 748 g/mol. The van der Waals surface area contributed by atoms with E-state index in [0.29, 0.717) is 5.56 Å². The molecule has 1 aromatic rings. The molecule has 20 nitrogen and oxygen atoms in total. The minimum atomic E-state index is -1.57. The molecule has 318 valence electrons. The second-order valence-corrected chi connectivity index (χ2v) is 14.6. The van der Waals surface area contributed by atoms with Crippen molar-refractivity contribution < 1.29 is 58.5 Å². The average Bonchev–Trinajstić information content (AvgIpc) is 3.12. The van der Waals surface area contributed by atoms with Crippen molar-refractivity contribution in [2.75, 3.05) is 6.54 Å². The summed E-state index contributed by atoms with van der Waals surface area (Å²) < 4.78 is 0. The van der Waals surface area contributed by atoms with Crippen molar-refractivity contribution in [2.24, 2.45) is 23.3 Å². The van der Waals surface area contributed by atoms with Crippen LogP contribution >= 0.6 is 0 Å². The first kappa shape index (κ1) is 49.4. The van der Waals surface area contributed by atoms with E-state index in [0.717, 1.165) is 0 Å². The van der Waals surface area contributed by atoms with Crippen LogP contribution in [0.3, 0.4) is 0 Å². The van der Waals surface area contributed by atoms with Gasteiger partial charge in [0.15, 0.2) is 0 Å². The summed E-state index contributed by atoms with van der Waals surface area (Å²) >= 11 is 0. The lowest BCUT2D eigenvalue weighted by molar-refractivity contribution is -0.143. The molecule has 0 fully saturated rings. The van der Waals surface area contributed by atoms with E-state index in [-0.39, 0.29) is 43.9 Å². The molecule has 0 heterocycles. The maximum atomic E-state index is 13.6. The Balaban J connectivity index is 3.17. The molecule has 7 amide bonds. The molecule has 1 rings (SSSR count). The Morgan fingerprint density at radius 1 is 0.614 bits per heavy atom. The number of amides is 7. The van der Waals surface area contributed by atoms with Crippen LogP contribution in [0, 0.1) is 11.8 Å². The maximum absolute atomic E-state index is 13.6. The van der Waals surface area contributed by atoms with Gasteiger partial charge in [0.05, 0.1) is 12.6 Å². The number of benzene rings is 1. The van der Waals surface area contributed by atoms with Crippen LogP contribution in [0.4, 0.5) is 0 Å². The zero-order valence-corrected chi connectivity index (χ0v) is 32.9. The molecule has 0 unspecified atom stereocenters. The van der Waals surface area contributed by atoms with Gasteiger partial charge in [-0.15, -0.1) is 0 Å². The van der Waals surface area contributed by atoms with Crippen molar-refractivity contribution in [3.63, 3.8) is 0 Å². The summed E-state index contributed by atoms with van der Waals surface area (Å²) in [6, 6.07) is 0.511. The van der Waals surface area contributed by atoms with E-state index in [1.54, 1.807) is 58.0 Å². The molecule has 0 aliphatic heterocycles. The predicted octanol–water partition coefficient (Wildman–Crippen LogP) is -2.22. The zero-order valence-electron chi connectivity index (χ0n) is 32.9. The van der Waals surface area contributed by atoms with E-state index in [2.05, 4.69) is 31.9 Å². The number of nitrogens with two attached hydrogens (primary N) is 2. The van der Waals surface area contributed by atoms with Crippen molar-refractivity contribution >= 4 is 53.3 Å². The topological polar surface area (TPSA) is 339 Å². The lowest BCUT2D eigenvalue weighted by Gasteiger charge is -2.27. The normalized spacial score (nSPS) is 14.8. The molecule has 0 aromatic heterocycles. The molecule has 7 atom stereocenters. The highest BCUT2D eigenvalue weighted by Crippen LogP contribution is 2.11. The first-order valence-corrected chi connectivity index (χ1v) is 18.6. The summed E-state index contributed by atoms with van der Waals surface area (Å²) in [6.45, 7) is 7.66. The Kier molecular flexibility index (Phi) is 21.5. The molecule has 0 bridgehead atoms. The third kappa shape index (κ3) is 19.7. The number of aliphatic hydroxyl groups is 1. The lowest BCUT2D eigenvalue weighted by atomic mass is 10.00. The molecule has 20 heteroatoms. The lowest BCUT2D eigenvalue weighted by Crippen LogP contribution is -2.59. The number of primary amides is 1. The van der Waals surface area contributed by atoms with Crippen LogP contribution in [-0.2, 0) is 49.6 Å². The number of aliphatic hydroxyl groups excluding tert-OH is 1. The predicted molar refractivity (Wildman–Crippen MR) is 204 cm³/mol. The van der Waals surface area contributed by atoms with E-state index in [4.69, 9.17) is 16.6 Å². The van der Waals surface area contributed by atoms with Crippen molar-refractivity contribution in [1.29, 1.82) is 0 Å². The van der Waals surface area contributed by atoms with Crippen LogP contribution in [0.5, 0.6) is 0 Å². The number of aliphatic carboxylic acids is 2. The van der Waals surface area contributed by atoms with Crippen molar-refractivity contribution in [3.8, 4) is 0 Å². The Morgan fingerprint density at radius 2 is 1.09 bits per heavy atom. The standard InChI is InChI=1S/C37H58N8O12/c1-19(2)15-25(41-29(48)18-40-32(51)27(17-22-9-7-6-8-10-22)45-36(55)31(39)21(5)46)34(53)42-23(11-13-28(38)47)33(52)44-26(16-20(3)4)35(54)43-24(37(56)57)12-14-30(49)50/h6-10,19-21,23-27,31,46H,11-18,39H2,1-5H3,(H2,38,47)(H,40,51)(H,41,48)(H,42,53)(H,43,54)(H,44,52)(H,45,55)(H,49,50)(H,56,57)/t21-,23+,24+,25+,26+,27+,31+/m1/s1. The summed E-state index contributed by atoms with van der Waals surface area (Å²) in [4.78, 5) is 114. The van der Waals surface area contributed by atoms with Gasteiger partial charge in [-0.2, -0.15) is 0 Å². The molecule has 13 N–H and O–H groups in total. The van der Waals surface area contributed by atoms with Crippen LogP contribution in [0.15, 0.2) is 30.3 Å².